The molecule has 0 amide bonds. The number of rotatable bonds is 4. The third-order valence-corrected chi connectivity index (χ3v) is 2.06. The lowest BCUT2D eigenvalue weighted by Crippen LogP contribution is -2.16. The molecular formula is C13H21N3O. The average Bonchev–Trinajstić information content (AvgIpc) is 2.39. The molecule has 0 spiro atoms. The van der Waals surface area contributed by atoms with Crippen molar-refractivity contribution in [2.45, 2.75) is 13.8 Å². The van der Waals surface area contributed by atoms with Crippen LogP contribution in [0.3, 0.4) is 0 Å². The number of carbonyl (C=O) groups is 1. The zero-order chi connectivity index (χ0) is 13.1. The molecule has 1 aromatic rings. The Morgan fingerprint density at radius 3 is 2.29 bits per heavy atom. The van der Waals surface area contributed by atoms with Crippen LogP contribution in [0.25, 0.3) is 0 Å². The number of aldehydes is 1. The number of para-hydroxylation sites is 1. The van der Waals surface area contributed by atoms with Gasteiger partial charge in [0.25, 0.3) is 0 Å². The Morgan fingerprint density at radius 1 is 1.35 bits per heavy atom. The highest BCUT2D eigenvalue weighted by atomic mass is 16.1. The minimum absolute atomic E-state index is 0.275. The molecule has 0 aliphatic heterocycles. The second kappa shape index (κ2) is 9.27. The Balaban J connectivity index is 0.000000302. The zero-order valence-corrected chi connectivity index (χ0v) is 10.7. The van der Waals surface area contributed by atoms with E-state index in [4.69, 9.17) is 5.73 Å². The Kier molecular flexibility index (Phi) is 8.20. The van der Waals surface area contributed by atoms with Crippen LogP contribution in [0, 0.1) is 0 Å². The molecule has 0 aliphatic rings. The number of hydrogen-bond acceptors (Lipinski definition) is 4. The van der Waals surface area contributed by atoms with Crippen LogP contribution < -0.4 is 16.4 Å². The minimum Gasteiger partial charge on any atom is -0.395 e. The number of nitrogens with one attached hydrogen (secondary N) is 2. The fourth-order valence-corrected chi connectivity index (χ4v) is 1.06. The van der Waals surface area contributed by atoms with Crippen LogP contribution in [0.15, 0.2) is 41.7 Å². The SMILES string of the molecule is CCN/C(C)=C(/N)C=O.CNc1ccccc1. The fourth-order valence-electron chi connectivity index (χ4n) is 1.06. The van der Waals surface area contributed by atoms with Gasteiger partial charge in [0.15, 0.2) is 6.29 Å². The number of carbonyl (C=O) groups excluding carboxylic acids is 1. The van der Waals surface area contributed by atoms with E-state index < -0.39 is 0 Å². The molecule has 0 saturated carbocycles. The second-order valence-electron chi connectivity index (χ2n) is 3.34. The van der Waals surface area contributed by atoms with Crippen molar-refractivity contribution < 1.29 is 4.79 Å². The molecule has 0 bridgehead atoms. The maximum atomic E-state index is 10.00. The summed E-state index contributed by atoms with van der Waals surface area (Å²) in [4.78, 5) is 10.00. The van der Waals surface area contributed by atoms with E-state index in [1.807, 2.05) is 44.3 Å². The van der Waals surface area contributed by atoms with E-state index in [0.29, 0.717) is 6.29 Å². The molecule has 0 fully saturated rings. The van der Waals surface area contributed by atoms with Gasteiger partial charge in [0, 0.05) is 25.0 Å². The lowest BCUT2D eigenvalue weighted by molar-refractivity contribution is -0.105. The molecule has 0 saturated heterocycles. The summed E-state index contributed by atoms with van der Waals surface area (Å²) in [7, 11) is 1.91. The lowest BCUT2D eigenvalue weighted by Gasteiger charge is -2.02. The van der Waals surface area contributed by atoms with Gasteiger partial charge in [-0.3, -0.25) is 4.79 Å². The van der Waals surface area contributed by atoms with Crippen molar-refractivity contribution in [3.8, 4) is 0 Å². The molecule has 0 unspecified atom stereocenters. The second-order valence-corrected chi connectivity index (χ2v) is 3.34. The molecule has 0 aromatic heterocycles. The van der Waals surface area contributed by atoms with E-state index in [0.717, 1.165) is 17.9 Å². The molecule has 0 aliphatic carbocycles. The molecule has 94 valence electrons. The van der Waals surface area contributed by atoms with E-state index >= 15 is 0 Å². The first-order valence-corrected chi connectivity index (χ1v) is 5.53. The molecule has 0 atom stereocenters. The summed E-state index contributed by atoms with van der Waals surface area (Å²) in [6, 6.07) is 10.1. The van der Waals surface area contributed by atoms with Crippen LogP contribution >= 0.6 is 0 Å². The molecule has 1 rings (SSSR count). The molecular weight excluding hydrogens is 214 g/mol. The Morgan fingerprint density at radius 2 is 1.94 bits per heavy atom. The predicted molar refractivity (Wildman–Crippen MR) is 72.6 cm³/mol. The maximum absolute atomic E-state index is 10.00. The van der Waals surface area contributed by atoms with Crippen LogP contribution in [0.2, 0.25) is 0 Å². The van der Waals surface area contributed by atoms with Gasteiger partial charge in [-0.1, -0.05) is 18.2 Å². The number of anilines is 1. The topological polar surface area (TPSA) is 67.1 Å². The summed E-state index contributed by atoms with van der Waals surface area (Å²) >= 11 is 0. The highest BCUT2D eigenvalue weighted by molar-refractivity contribution is 5.72. The molecule has 17 heavy (non-hydrogen) atoms. The standard InChI is InChI=1S/C7H9N.C6H12N2O/c1-8-7-5-3-2-4-6-7;1-3-8-5(2)6(7)4-9/h2-6,8H,1H3;4,8H,3,7H2,1-2H3/b;6-5+. The fraction of sp³-hybridized carbons (Fsp3) is 0.308. The van der Waals surface area contributed by atoms with Gasteiger partial charge in [-0.05, 0) is 26.0 Å². The third kappa shape index (κ3) is 7.00. The van der Waals surface area contributed by atoms with Gasteiger partial charge in [0.2, 0.25) is 0 Å². The largest absolute Gasteiger partial charge is 0.395 e. The Hall–Kier alpha value is -1.97. The minimum atomic E-state index is 0.275. The van der Waals surface area contributed by atoms with Crippen molar-refractivity contribution >= 4 is 12.0 Å². The third-order valence-electron chi connectivity index (χ3n) is 2.06. The van der Waals surface area contributed by atoms with Gasteiger partial charge in [-0.25, -0.2) is 0 Å². The first-order valence-electron chi connectivity index (χ1n) is 5.53. The Labute approximate surface area is 103 Å². The quantitative estimate of drug-likeness (QED) is 0.549. The summed E-state index contributed by atoms with van der Waals surface area (Å²) in [5, 5.41) is 5.95. The summed E-state index contributed by atoms with van der Waals surface area (Å²) in [5.41, 5.74) is 7.43. The number of benzene rings is 1. The smallest absolute Gasteiger partial charge is 0.167 e. The number of nitrogens with two attached hydrogens (primary N) is 1. The first-order chi connectivity index (χ1) is 8.15. The number of hydrogen-bond donors (Lipinski definition) is 3. The molecule has 1 aromatic carbocycles. The monoisotopic (exact) mass is 235 g/mol. The van der Waals surface area contributed by atoms with Gasteiger partial charge in [0.05, 0.1) is 5.70 Å². The Bertz CT molecular complexity index is 347. The van der Waals surface area contributed by atoms with Crippen LogP contribution in [-0.4, -0.2) is 19.9 Å². The predicted octanol–water partition coefficient (Wildman–Crippen LogP) is 1.71. The first kappa shape index (κ1) is 15.0. The van der Waals surface area contributed by atoms with Gasteiger partial charge >= 0.3 is 0 Å². The van der Waals surface area contributed by atoms with Gasteiger partial charge in [0.1, 0.15) is 0 Å². The molecule has 0 heterocycles. The van der Waals surface area contributed by atoms with Gasteiger partial charge in [-0.15, -0.1) is 0 Å². The van der Waals surface area contributed by atoms with Crippen LogP contribution in [-0.2, 0) is 4.79 Å². The van der Waals surface area contributed by atoms with Crippen molar-refractivity contribution in [1.29, 1.82) is 0 Å². The van der Waals surface area contributed by atoms with Crippen molar-refractivity contribution in [3.63, 3.8) is 0 Å². The normalized spacial score (nSPS) is 10.5. The van der Waals surface area contributed by atoms with Crippen LogP contribution in [0.5, 0.6) is 0 Å². The lowest BCUT2D eigenvalue weighted by atomic mass is 10.3. The van der Waals surface area contributed by atoms with Gasteiger partial charge in [-0.2, -0.15) is 0 Å². The highest BCUT2D eigenvalue weighted by Crippen LogP contribution is 2.01. The van der Waals surface area contributed by atoms with Crippen molar-refractivity contribution in [1.82, 2.24) is 5.32 Å². The molecule has 4 N–H and O–H groups in total. The van der Waals surface area contributed by atoms with Crippen LogP contribution in [0.1, 0.15) is 13.8 Å². The summed E-state index contributed by atoms with van der Waals surface area (Å²) in [6.07, 6.45) is 0.637. The van der Waals surface area contributed by atoms with Gasteiger partial charge < -0.3 is 16.4 Å². The van der Waals surface area contributed by atoms with Crippen LogP contribution in [0.4, 0.5) is 5.69 Å². The highest BCUT2D eigenvalue weighted by Gasteiger charge is 1.90. The van der Waals surface area contributed by atoms with E-state index in [-0.39, 0.29) is 5.70 Å². The van der Waals surface area contributed by atoms with Crippen molar-refractivity contribution in [2.75, 3.05) is 18.9 Å². The molecule has 4 heteroatoms. The summed E-state index contributed by atoms with van der Waals surface area (Å²) < 4.78 is 0. The van der Waals surface area contributed by atoms with E-state index in [1.54, 1.807) is 6.92 Å². The van der Waals surface area contributed by atoms with E-state index in [1.165, 1.54) is 0 Å². The van der Waals surface area contributed by atoms with Crippen molar-refractivity contribution in [2.24, 2.45) is 5.73 Å². The zero-order valence-electron chi connectivity index (χ0n) is 10.7. The molecule has 4 nitrogen and oxygen atoms in total. The van der Waals surface area contributed by atoms with Crippen molar-refractivity contribution in [3.05, 3.63) is 41.7 Å². The van der Waals surface area contributed by atoms with E-state index in [9.17, 15) is 4.79 Å². The maximum Gasteiger partial charge on any atom is 0.167 e. The average molecular weight is 235 g/mol. The summed E-state index contributed by atoms with van der Waals surface area (Å²) in [6.45, 7) is 4.51. The van der Waals surface area contributed by atoms with E-state index in [2.05, 4.69) is 10.6 Å². The number of allylic oxidation sites excluding steroid dienone is 2. The molecule has 0 radical (unpaired) electrons. The summed E-state index contributed by atoms with van der Waals surface area (Å²) in [5.74, 6) is 0.